The van der Waals surface area contributed by atoms with Gasteiger partial charge in [0.25, 0.3) is 0 Å². The Balaban J connectivity index is 1.69. The number of tetrazole rings is 1. The highest BCUT2D eigenvalue weighted by Crippen LogP contribution is 2.35. The Labute approximate surface area is 162 Å². The van der Waals surface area contributed by atoms with E-state index in [1.165, 1.54) is 12.6 Å². The second-order valence-corrected chi connectivity index (χ2v) is 7.42. The van der Waals surface area contributed by atoms with Crippen molar-refractivity contribution in [3.63, 3.8) is 0 Å². The summed E-state index contributed by atoms with van der Waals surface area (Å²) in [4.78, 5) is 12.0. The molecule has 1 aliphatic carbocycles. The number of rotatable bonds is 4. The van der Waals surface area contributed by atoms with Crippen LogP contribution >= 0.6 is 11.8 Å². The molecule has 0 bridgehead atoms. The molecular formula is C17H16F3N7S. The molecule has 0 amide bonds. The summed E-state index contributed by atoms with van der Waals surface area (Å²) in [6.45, 7) is 0. The quantitative estimate of drug-likeness (QED) is 0.600. The van der Waals surface area contributed by atoms with Gasteiger partial charge in [0.05, 0.1) is 6.04 Å². The van der Waals surface area contributed by atoms with Crippen molar-refractivity contribution in [2.45, 2.75) is 54.5 Å². The number of alkyl halides is 3. The molecule has 0 radical (unpaired) electrons. The number of halogens is 3. The molecule has 0 saturated heterocycles. The minimum Gasteiger partial charge on any atom is -0.253 e. The van der Waals surface area contributed by atoms with E-state index < -0.39 is 11.9 Å². The second kappa shape index (κ2) is 7.82. The summed E-state index contributed by atoms with van der Waals surface area (Å²) in [7, 11) is 0. The van der Waals surface area contributed by atoms with Crippen molar-refractivity contribution in [1.29, 1.82) is 0 Å². The second-order valence-electron chi connectivity index (χ2n) is 6.43. The van der Waals surface area contributed by atoms with Gasteiger partial charge in [-0.05, 0) is 47.2 Å². The van der Waals surface area contributed by atoms with E-state index in [9.17, 15) is 13.2 Å². The van der Waals surface area contributed by atoms with Gasteiger partial charge in [-0.1, -0.05) is 25.3 Å². The summed E-state index contributed by atoms with van der Waals surface area (Å²) in [6, 6.07) is 5.98. The van der Waals surface area contributed by atoms with Crippen molar-refractivity contribution in [2.24, 2.45) is 0 Å². The lowest BCUT2D eigenvalue weighted by Crippen LogP contribution is -2.15. The monoisotopic (exact) mass is 407 g/mol. The SMILES string of the molecule is FC(F)(F)c1cc(Sc2nnnn2C2CCCCC2)nc(-c2ccccn2)n1. The fourth-order valence-corrected chi connectivity index (χ4v) is 3.98. The molecule has 0 N–H and O–H groups in total. The van der Waals surface area contributed by atoms with Crippen LogP contribution in [0.25, 0.3) is 11.5 Å². The van der Waals surface area contributed by atoms with Crippen molar-refractivity contribution in [3.05, 3.63) is 36.2 Å². The highest BCUT2D eigenvalue weighted by atomic mass is 32.2. The van der Waals surface area contributed by atoms with Crippen LogP contribution in [0.5, 0.6) is 0 Å². The zero-order valence-electron chi connectivity index (χ0n) is 14.7. The fourth-order valence-electron chi connectivity index (χ4n) is 3.13. The fraction of sp³-hybridized carbons (Fsp3) is 0.412. The first kappa shape index (κ1) is 18.8. The first-order valence-electron chi connectivity index (χ1n) is 8.84. The molecule has 28 heavy (non-hydrogen) atoms. The lowest BCUT2D eigenvalue weighted by atomic mass is 9.96. The largest absolute Gasteiger partial charge is 0.433 e. The number of hydrogen-bond donors (Lipinski definition) is 0. The van der Waals surface area contributed by atoms with Gasteiger partial charge < -0.3 is 0 Å². The Bertz CT molecular complexity index is 939. The van der Waals surface area contributed by atoms with Crippen LogP contribution in [-0.4, -0.2) is 35.2 Å². The van der Waals surface area contributed by atoms with E-state index in [1.807, 2.05) is 0 Å². The van der Waals surface area contributed by atoms with Crippen LogP contribution in [0.1, 0.15) is 43.8 Å². The predicted molar refractivity (Wildman–Crippen MR) is 94.3 cm³/mol. The molecule has 11 heteroatoms. The van der Waals surface area contributed by atoms with Crippen molar-refractivity contribution in [2.75, 3.05) is 0 Å². The maximum Gasteiger partial charge on any atom is 0.433 e. The Kier molecular flexibility index (Phi) is 5.25. The normalized spacial score (nSPS) is 15.7. The molecule has 0 aliphatic heterocycles. The molecule has 3 aromatic rings. The van der Waals surface area contributed by atoms with Crippen LogP contribution in [0.2, 0.25) is 0 Å². The van der Waals surface area contributed by atoms with E-state index in [0.29, 0.717) is 5.16 Å². The number of pyridine rings is 1. The standard InChI is InChI=1S/C17H16F3N7S/c18-17(19,20)13-10-14(23-15(22-13)12-8-4-5-9-21-12)28-16-24-25-26-27(16)11-6-2-1-3-7-11/h4-5,8-11H,1-3,6-7H2. The van der Waals surface area contributed by atoms with Gasteiger partial charge in [-0.25, -0.2) is 14.6 Å². The van der Waals surface area contributed by atoms with Crippen LogP contribution in [0.15, 0.2) is 40.6 Å². The van der Waals surface area contributed by atoms with Gasteiger partial charge in [-0.15, -0.1) is 5.10 Å². The maximum absolute atomic E-state index is 13.3. The van der Waals surface area contributed by atoms with Gasteiger partial charge in [0.15, 0.2) is 5.82 Å². The molecule has 146 valence electrons. The lowest BCUT2D eigenvalue weighted by molar-refractivity contribution is -0.141. The van der Waals surface area contributed by atoms with E-state index in [0.717, 1.165) is 43.5 Å². The molecule has 1 fully saturated rings. The summed E-state index contributed by atoms with van der Waals surface area (Å²) in [5, 5.41) is 12.3. The third kappa shape index (κ3) is 4.13. The summed E-state index contributed by atoms with van der Waals surface area (Å²) in [5.74, 6) is -0.0883. The van der Waals surface area contributed by atoms with Gasteiger partial charge in [0, 0.05) is 12.3 Å². The maximum atomic E-state index is 13.3. The van der Waals surface area contributed by atoms with Crippen LogP contribution in [0.4, 0.5) is 13.2 Å². The van der Waals surface area contributed by atoms with E-state index in [-0.39, 0.29) is 22.6 Å². The van der Waals surface area contributed by atoms with E-state index in [2.05, 4.69) is 30.5 Å². The molecule has 0 atom stereocenters. The Morgan fingerprint density at radius 2 is 1.89 bits per heavy atom. The van der Waals surface area contributed by atoms with Gasteiger partial charge in [0.1, 0.15) is 16.4 Å². The Hall–Kier alpha value is -2.56. The summed E-state index contributed by atoms with van der Waals surface area (Å²) >= 11 is 1.00. The molecule has 1 saturated carbocycles. The number of aromatic nitrogens is 7. The first-order chi connectivity index (χ1) is 13.5. The number of hydrogen-bond acceptors (Lipinski definition) is 7. The minimum absolute atomic E-state index is 0.0883. The zero-order valence-corrected chi connectivity index (χ0v) is 15.5. The molecule has 0 aromatic carbocycles. The molecule has 3 heterocycles. The smallest absolute Gasteiger partial charge is 0.253 e. The van der Waals surface area contributed by atoms with Crippen molar-refractivity contribution in [3.8, 4) is 11.5 Å². The summed E-state index contributed by atoms with van der Waals surface area (Å²) < 4.78 is 41.7. The van der Waals surface area contributed by atoms with Crippen LogP contribution in [-0.2, 0) is 6.18 Å². The Morgan fingerprint density at radius 3 is 2.61 bits per heavy atom. The van der Waals surface area contributed by atoms with E-state index in [1.54, 1.807) is 22.9 Å². The predicted octanol–water partition coefficient (Wildman–Crippen LogP) is 4.20. The van der Waals surface area contributed by atoms with E-state index >= 15 is 0 Å². The average Bonchev–Trinajstić information content (AvgIpc) is 3.16. The van der Waals surface area contributed by atoms with Gasteiger partial charge in [0.2, 0.25) is 5.16 Å². The molecule has 7 nitrogen and oxygen atoms in total. The lowest BCUT2D eigenvalue weighted by Gasteiger charge is -2.21. The molecule has 0 spiro atoms. The highest BCUT2D eigenvalue weighted by molar-refractivity contribution is 7.99. The summed E-state index contributed by atoms with van der Waals surface area (Å²) in [6.07, 6.45) is 2.14. The van der Waals surface area contributed by atoms with Gasteiger partial charge in [-0.2, -0.15) is 13.2 Å². The van der Waals surface area contributed by atoms with Crippen LogP contribution in [0, 0.1) is 0 Å². The van der Waals surface area contributed by atoms with E-state index in [4.69, 9.17) is 0 Å². The molecule has 1 aliphatic rings. The summed E-state index contributed by atoms with van der Waals surface area (Å²) in [5.41, 5.74) is -0.760. The molecule has 4 rings (SSSR count). The van der Waals surface area contributed by atoms with Crippen molar-refractivity contribution in [1.82, 2.24) is 35.2 Å². The van der Waals surface area contributed by atoms with Gasteiger partial charge in [-0.3, -0.25) is 4.98 Å². The zero-order chi connectivity index (χ0) is 19.6. The van der Waals surface area contributed by atoms with Gasteiger partial charge >= 0.3 is 6.18 Å². The molecule has 0 unspecified atom stereocenters. The minimum atomic E-state index is -4.60. The highest BCUT2D eigenvalue weighted by Gasteiger charge is 2.34. The number of nitrogens with zero attached hydrogens (tertiary/aromatic N) is 7. The average molecular weight is 407 g/mol. The van der Waals surface area contributed by atoms with Crippen molar-refractivity contribution < 1.29 is 13.2 Å². The van der Waals surface area contributed by atoms with Crippen LogP contribution in [0.3, 0.4) is 0 Å². The van der Waals surface area contributed by atoms with Crippen molar-refractivity contribution >= 4 is 11.8 Å². The van der Waals surface area contributed by atoms with Crippen LogP contribution < -0.4 is 0 Å². The third-order valence-electron chi connectivity index (χ3n) is 4.47. The Morgan fingerprint density at radius 1 is 1.07 bits per heavy atom. The third-order valence-corrected chi connectivity index (χ3v) is 5.34. The molecule has 3 aromatic heterocycles. The first-order valence-corrected chi connectivity index (χ1v) is 9.66. The topological polar surface area (TPSA) is 82.3 Å². The molecular weight excluding hydrogens is 391 g/mol.